The highest BCUT2D eigenvalue weighted by Crippen LogP contribution is 2.33. The summed E-state index contributed by atoms with van der Waals surface area (Å²) in [5, 5.41) is 4.56. The Bertz CT molecular complexity index is 725. The molecule has 1 heterocycles. The zero-order chi connectivity index (χ0) is 18.0. The second-order valence-electron chi connectivity index (χ2n) is 6.52. The van der Waals surface area contributed by atoms with Crippen LogP contribution in [0.4, 0.5) is 19.3 Å². The van der Waals surface area contributed by atoms with E-state index in [1.807, 2.05) is 0 Å². The van der Waals surface area contributed by atoms with Crippen molar-refractivity contribution in [3.63, 3.8) is 0 Å². The van der Waals surface area contributed by atoms with E-state index in [-0.39, 0.29) is 11.2 Å². The number of benzene rings is 1. The van der Waals surface area contributed by atoms with E-state index in [4.69, 9.17) is 0 Å². The van der Waals surface area contributed by atoms with Gasteiger partial charge in [-0.3, -0.25) is 0 Å². The Morgan fingerprint density at radius 2 is 1.72 bits per heavy atom. The molecule has 2 amide bonds. The standard InChI is InChI=1S/C16H21F2N3O3S/c17-13-2-1-3-14(18)15(13)20-16(22)19-10-11-6-8-21(9-7-11)25(23,24)12-4-5-12/h1-3,11-12H,4-10H2,(H2,19,20,22). The maximum atomic E-state index is 13.5. The van der Waals surface area contributed by atoms with Crippen LogP contribution in [0.3, 0.4) is 0 Å². The number of urea groups is 1. The molecule has 1 saturated carbocycles. The lowest BCUT2D eigenvalue weighted by Gasteiger charge is -2.31. The molecule has 25 heavy (non-hydrogen) atoms. The number of hydrogen-bond donors (Lipinski definition) is 2. The van der Waals surface area contributed by atoms with Crippen LogP contribution >= 0.6 is 0 Å². The highest BCUT2D eigenvalue weighted by molar-refractivity contribution is 7.90. The summed E-state index contributed by atoms with van der Waals surface area (Å²) in [4.78, 5) is 11.8. The Balaban J connectivity index is 1.44. The fourth-order valence-electron chi connectivity index (χ4n) is 2.96. The maximum Gasteiger partial charge on any atom is 0.319 e. The molecule has 1 aromatic rings. The molecule has 0 spiro atoms. The molecular formula is C16H21F2N3O3S. The van der Waals surface area contributed by atoms with Gasteiger partial charge in [-0.1, -0.05) is 6.07 Å². The number of rotatable bonds is 5. The molecule has 1 aliphatic carbocycles. The molecule has 0 unspecified atom stereocenters. The fraction of sp³-hybridized carbons (Fsp3) is 0.562. The summed E-state index contributed by atoms with van der Waals surface area (Å²) >= 11 is 0. The van der Waals surface area contributed by atoms with E-state index >= 15 is 0 Å². The quantitative estimate of drug-likeness (QED) is 0.831. The minimum atomic E-state index is -3.14. The lowest BCUT2D eigenvalue weighted by atomic mass is 9.98. The minimum absolute atomic E-state index is 0.141. The second kappa shape index (κ2) is 7.25. The summed E-state index contributed by atoms with van der Waals surface area (Å²) in [5.74, 6) is -1.54. The normalized spacial score (nSPS) is 19.6. The van der Waals surface area contributed by atoms with Gasteiger partial charge in [-0.15, -0.1) is 0 Å². The van der Waals surface area contributed by atoms with Gasteiger partial charge in [0.1, 0.15) is 17.3 Å². The first-order valence-electron chi connectivity index (χ1n) is 8.35. The van der Waals surface area contributed by atoms with Crippen molar-refractivity contribution < 1.29 is 22.0 Å². The van der Waals surface area contributed by atoms with Gasteiger partial charge in [0.25, 0.3) is 0 Å². The van der Waals surface area contributed by atoms with Crippen molar-refractivity contribution in [3.8, 4) is 0 Å². The Labute approximate surface area is 145 Å². The number of halogens is 2. The summed E-state index contributed by atoms with van der Waals surface area (Å²) < 4.78 is 52.8. The number of nitrogens with zero attached hydrogens (tertiary/aromatic N) is 1. The van der Waals surface area contributed by atoms with Crippen LogP contribution in [0.2, 0.25) is 0 Å². The monoisotopic (exact) mass is 373 g/mol. The summed E-state index contributed by atoms with van der Waals surface area (Å²) in [6.45, 7) is 1.24. The Hall–Kier alpha value is -1.74. The number of nitrogens with one attached hydrogen (secondary N) is 2. The number of hydrogen-bond acceptors (Lipinski definition) is 3. The first-order valence-corrected chi connectivity index (χ1v) is 9.86. The number of carbonyl (C=O) groups is 1. The van der Waals surface area contributed by atoms with Gasteiger partial charge in [0.15, 0.2) is 0 Å². The summed E-state index contributed by atoms with van der Waals surface area (Å²) in [5.41, 5.74) is -0.481. The number of piperidine rings is 1. The number of sulfonamides is 1. The number of anilines is 1. The van der Waals surface area contributed by atoms with E-state index in [0.717, 1.165) is 25.0 Å². The van der Waals surface area contributed by atoms with Crippen LogP contribution in [0.5, 0.6) is 0 Å². The lowest BCUT2D eigenvalue weighted by molar-refractivity contribution is 0.240. The third-order valence-electron chi connectivity index (χ3n) is 4.63. The van der Waals surface area contributed by atoms with Crippen LogP contribution in [0.1, 0.15) is 25.7 Å². The smallest absolute Gasteiger partial charge is 0.319 e. The van der Waals surface area contributed by atoms with Crippen molar-refractivity contribution in [2.24, 2.45) is 5.92 Å². The average molecular weight is 373 g/mol. The van der Waals surface area contributed by atoms with Crippen molar-refractivity contribution in [1.29, 1.82) is 0 Å². The molecule has 3 rings (SSSR count). The van der Waals surface area contributed by atoms with Crippen molar-refractivity contribution in [3.05, 3.63) is 29.8 Å². The van der Waals surface area contributed by atoms with Gasteiger partial charge >= 0.3 is 6.03 Å². The molecule has 2 N–H and O–H groups in total. The topological polar surface area (TPSA) is 78.5 Å². The van der Waals surface area contributed by atoms with Crippen molar-refractivity contribution >= 4 is 21.7 Å². The van der Waals surface area contributed by atoms with Gasteiger partial charge in [-0.2, -0.15) is 0 Å². The van der Waals surface area contributed by atoms with Crippen molar-refractivity contribution in [2.45, 2.75) is 30.9 Å². The van der Waals surface area contributed by atoms with Crippen LogP contribution < -0.4 is 10.6 Å². The van der Waals surface area contributed by atoms with Crippen LogP contribution in [-0.4, -0.2) is 43.6 Å². The molecule has 0 radical (unpaired) electrons. The van der Waals surface area contributed by atoms with E-state index < -0.39 is 33.4 Å². The predicted molar refractivity (Wildman–Crippen MR) is 89.6 cm³/mol. The SMILES string of the molecule is O=C(NCC1CCN(S(=O)(=O)C2CC2)CC1)Nc1c(F)cccc1F. The summed E-state index contributed by atoms with van der Waals surface area (Å²) in [6, 6.07) is 2.66. The van der Waals surface area contributed by atoms with E-state index in [1.54, 1.807) is 0 Å². The second-order valence-corrected chi connectivity index (χ2v) is 8.73. The first kappa shape index (κ1) is 18.1. The maximum absolute atomic E-state index is 13.5. The predicted octanol–water partition coefficient (Wildman–Crippen LogP) is 2.29. The van der Waals surface area contributed by atoms with Crippen LogP contribution in [-0.2, 0) is 10.0 Å². The zero-order valence-corrected chi connectivity index (χ0v) is 14.5. The minimum Gasteiger partial charge on any atom is -0.338 e. The van der Waals surface area contributed by atoms with E-state index in [2.05, 4.69) is 10.6 Å². The highest BCUT2D eigenvalue weighted by atomic mass is 32.2. The van der Waals surface area contributed by atoms with Gasteiger partial charge in [-0.05, 0) is 43.7 Å². The molecule has 2 aliphatic rings. The van der Waals surface area contributed by atoms with Crippen molar-refractivity contribution in [2.75, 3.05) is 25.0 Å². The molecule has 1 saturated heterocycles. The number of para-hydroxylation sites is 1. The Kier molecular flexibility index (Phi) is 5.24. The molecule has 1 aromatic carbocycles. The molecule has 2 fully saturated rings. The summed E-state index contributed by atoms with van der Waals surface area (Å²) in [6.07, 6.45) is 2.80. The summed E-state index contributed by atoms with van der Waals surface area (Å²) in [7, 11) is -3.14. The van der Waals surface area contributed by atoms with E-state index in [9.17, 15) is 22.0 Å². The molecule has 0 aromatic heterocycles. The molecule has 1 aliphatic heterocycles. The van der Waals surface area contributed by atoms with Gasteiger partial charge in [0, 0.05) is 19.6 Å². The van der Waals surface area contributed by atoms with Crippen LogP contribution in [0.15, 0.2) is 18.2 Å². The van der Waals surface area contributed by atoms with Crippen LogP contribution in [0.25, 0.3) is 0 Å². The van der Waals surface area contributed by atoms with Gasteiger partial charge in [0.2, 0.25) is 10.0 Å². The zero-order valence-electron chi connectivity index (χ0n) is 13.7. The largest absolute Gasteiger partial charge is 0.338 e. The number of amides is 2. The van der Waals surface area contributed by atoms with Crippen LogP contribution in [0, 0.1) is 17.6 Å². The van der Waals surface area contributed by atoms with Crippen molar-refractivity contribution in [1.82, 2.24) is 9.62 Å². The third-order valence-corrected chi connectivity index (χ3v) is 7.03. The molecule has 0 bridgehead atoms. The third kappa shape index (κ3) is 4.27. The van der Waals surface area contributed by atoms with E-state index in [0.29, 0.717) is 32.5 Å². The molecule has 0 atom stereocenters. The Morgan fingerprint density at radius 3 is 2.28 bits per heavy atom. The molecule has 9 heteroatoms. The average Bonchev–Trinajstić information content (AvgIpc) is 3.42. The van der Waals surface area contributed by atoms with Gasteiger partial charge in [0.05, 0.1) is 5.25 Å². The highest BCUT2D eigenvalue weighted by Gasteiger charge is 2.41. The molecule has 6 nitrogen and oxygen atoms in total. The first-order chi connectivity index (χ1) is 11.9. The van der Waals surface area contributed by atoms with Gasteiger partial charge < -0.3 is 10.6 Å². The fourth-order valence-corrected chi connectivity index (χ4v) is 4.83. The Morgan fingerprint density at radius 1 is 1.12 bits per heavy atom. The molecule has 138 valence electrons. The van der Waals surface area contributed by atoms with E-state index in [1.165, 1.54) is 10.4 Å². The number of carbonyl (C=O) groups excluding carboxylic acids is 1. The molecular weight excluding hydrogens is 352 g/mol. The lowest BCUT2D eigenvalue weighted by Crippen LogP contribution is -2.43. The van der Waals surface area contributed by atoms with Gasteiger partial charge in [-0.25, -0.2) is 26.3 Å².